The first kappa shape index (κ1) is 10.7. The first-order valence-electron chi connectivity index (χ1n) is 6.06. The summed E-state index contributed by atoms with van der Waals surface area (Å²) < 4.78 is 0. The van der Waals surface area contributed by atoms with Crippen LogP contribution in [0.25, 0.3) is 0 Å². The maximum absolute atomic E-state index is 11.1. The molecule has 0 bridgehead atoms. The van der Waals surface area contributed by atoms with Crippen molar-refractivity contribution in [1.82, 2.24) is 10.2 Å². The quantitative estimate of drug-likeness (QED) is 0.717. The van der Waals surface area contributed by atoms with Crippen LogP contribution in [-0.2, 0) is 0 Å². The Morgan fingerprint density at radius 1 is 1.13 bits per heavy atom. The van der Waals surface area contributed by atoms with Gasteiger partial charge in [0.25, 0.3) is 0 Å². The molecule has 0 radical (unpaired) electrons. The molecule has 2 rings (SSSR count). The Bertz CT molecular complexity index is 226. The molecule has 1 saturated heterocycles. The third-order valence-electron chi connectivity index (χ3n) is 3.56. The maximum atomic E-state index is 11.1. The average molecular weight is 211 g/mol. The highest BCUT2D eigenvalue weighted by Crippen LogP contribution is 2.20. The molecular formula is C11H21N3O. The van der Waals surface area contributed by atoms with E-state index in [1.165, 1.54) is 32.1 Å². The number of nitrogens with two attached hydrogens (primary N) is 1. The summed E-state index contributed by atoms with van der Waals surface area (Å²) in [5.41, 5.74) is 5.30. The Morgan fingerprint density at radius 2 is 1.80 bits per heavy atom. The van der Waals surface area contributed by atoms with Crippen molar-refractivity contribution in [3.8, 4) is 0 Å². The van der Waals surface area contributed by atoms with E-state index in [2.05, 4.69) is 5.32 Å². The molecule has 4 nitrogen and oxygen atoms in total. The number of piperidine rings is 1. The number of carbonyl (C=O) groups is 1. The fourth-order valence-electron chi connectivity index (χ4n) is 2.74. The fourth-order valence-corrected chi connectivity index (χ4v) is 2.74. The molecule has 0 spiro atoms. The Balaban J connectivity index is 1.79. The summed E-state index contributed by atoms with van der Waals surface area (Å²) in [6.07, 6.45) is 7.56. The smallest absolute Gasteiger partial charge is 0.314 e. The van der Waals surface area contributed by atoms with Crippen molar-refractivity contribution >= 4 is 6.03 Å². The molecule has 1 heterocycles. The Morgan fingerprint density at radius 3 is 2.47 bits per heavy atom. The van der Waals surface area contributed by atoms with E-state index < -0.39 is 0 Å². The minimum absolute atomic E-state index is 0.270. The number of rotatable bonds is 2. The van der Waals surface area contributed by atoms with Crippen molar-refractivity contribution in [2.24, 2.45) is 5.73 Å². The second-order valence-electron chi connectivity index (χ2n) is 4.77. The Labute approximate surface area is 91.2 Å². The number of amides is 2. The van der Waals surface area contributed by atoms with Gasteiger partial charge in [-0.15, -0.1) is 0 Å². The molecule has 1 unspecified atom stereocenters. The van der Waals surface area contributed by atoms with Gasteiger partial charge in [0.1, 0.15) is 0 Å². The highest BCUT2D eigenvalue weighted by Gasteiger charge is 2.25. The van der Waals surface area contributed by atoms with Crippen LogP contribution in [0.15, 0.2) is 0 Å². The first-order chi connectivity index (χ1) is 7.25. The lowest BCUT2D eigenvalue weighted by molar-refractivity contribution is 0.178. The lowest BCUT2D eigenvalue weighted by Crippen LogP contribution is -2.51. The molecule has 3 N–H and O–H groups in total. The molecule has 1 saturated carbocycles. The number of likely N-dealkylation sites (tertiary alicyclic amines) is 1. The number of primary amides is 1. The van der Waals surface area contributed by atoms with Crippen molar-refractivity contribution in [1.29, 1.82) is 0 Å². The topological polar surface area (TPSA) is 58.4 Å². The van der Waals surface area contributed by atoms with E-state index in [1.807, 2.05) is 0 Å². The van der Waals surface area contributed by atoms with Crippen LogP contribution in [-0.4, -0.2) is 36.1 Å². The molecule has 1 aliphatic carbocycles. The molecule has 2 aliphatic rings. The summed E-state index contributed by atoms with van der Waals surface area (Å²) in [4.78, 5) is 12.8. The molecule has 15 heavy (non-hydrogen) atoms. The summed E-state index contributed by atoms with van der Waals surface area (Å²) in [6.45, 7) is 1.63. The van der Waals surface area contributed by atoms with Gasteiger partial charge in [-0.2, -0.15) is 0 Å². The van der Waals surface area contributed by atoms with E-state index in [1.54, 1.807) is 4.90 Å². The van der Waals surface area contributed by atoms with Crippen LogP contribution >= 0.6 is 0 Å². The van der Waals surface area contributed by atoms with Crippen LogP contribution in [0.4, 0.5) is 4.79 Å². The van der Waals surface area contributed by atoms with Crippen molar-refractivity contribution in [2.75, 3.05) is 13.1 Å². The molecule has 0 aromatic heterocycles. The van der Waals surface area contributed by atoms with Crippen LogP contribution < -0.4 is 11.1 Å². The van der Waals surface area contributed by atoms with Gasteiger partial charge in [-0.25, -0.2) is 4.79 Å². The van der Waals surface area contributed by atoms with E-state index >= 15 is 0 Å². The molecule has 2 amide bonds. The van der Waals surface area contributed by atoms with Crippen LogP contribution in [0.3, 0.4) is 0 Å². The van der Waals surface area contributed by atoms with E-state index in [0.29, 0.717) is 12.1 Å². The minimum atomic E-state index is -0.270. The van der Waals surface area contributed by atoms with Crippen molar-refractivity contribution in [3.63, 3.8) is 0 Å². The molecular weight excluding hydrogens is 190 g/mol. The summed E-state index contributed by atoms with van der Waals surface area (Å²) in [6, 6.07) is 0.880. The van der Waals surface area contributed by atoms with E-state index in [0.717, 1.165) is 19.5 Å². The summed E-state index contributed by atoms with van der Waals surface area (Å²) in [5.74, 6) is 0. The third kappa shape index (κ3) is 2.84. The molecule has 86 valence electrons. The maximum Gasteiger partial charge on any atom is 0.314 e. The van der Waals surface area contributed by atoms with Gasteiger partial charge in [0.05, 0.1) is 0 Å². The zero-order chi connectivity index (χ0) is 10.7. The van der Waals surface area contributed by atoms with Crippen LogP contribution in [0.5, 0.6) is 0 Å². The SMILES string of the molecule is NC(=O)N1CCCC(NC2CCCC2)C1. The molecule has 4 heteroatoms. The zero-order valence-corrected chi connectivity index (χ0v) is 9.24. The average Bonchev–Trinajstić information content (AvgIpc) is 2.71. The second kappa shape index (κ2) is 4.84. The molecule has 1 aliphatic heterocycles. The predicted molar refractivity (Wildman–Crippen MR) is 59.6 cm³/mol. The van der Waals surface area contributed by atoms with Gasteiger partial charge in [0, 0.05) is 25.2 Å². The number of carbonyl (C=O) groups excluding carboxylic acids is 1. The largest absolute Gasteiger partial charge is 0.351 e. The monoisotopic (exact) mass is 211 g/mol. The number of hydrogen-bond acceptors (Lipinski definition) is 2. The standard InChI is InChI=1S/C11H21N3O/c12-11(15)14-7-3-6-10(8-14)13-9-4-1-2-5-9/h9-10,13H,1-8H2,(H2,12,15). The molecule has 1 atom stereocenters. The normalized spacial score (nSPS) is 28.3. The van der Waals surface area contributed by atoms with Crippen LogP contribution in [0.1, 0.15) is 38.5 Å². The van der Waals surface area contributed by atoms with Gasteiger partial charge in [-0.05, 0) is 25.7 Å². The first-order valence-corrected chi connectivity index (χ1v) is 6.06. The zero-order valence-electron chi connectivity index (χ0n) is 9.24. The minimum Gasteiger partial charge on any atom is -0.351 e. The van der Waals surface area contributed by atoms with Crippen LogP contribution in [0.2, 0.25) is 0 Å². The van der Waals surface area contributed by atoms with E-state index in [9.17, 15) is 4.79 Å². The number of nitrogens with zero attached hydrogens (tertiary/aromatic N) is 1. The third-order valence-corrected chi connectivity index (χ3v) is 3.56. The second-order valence-corrected chi connectivity index (χ2v) is 4.77. The molecule has 0 aromatic carbocycles. The van der Waals surface area contributed by atoms with Gasteiger partial charge < -0.3 is 16.0 Å². The lowest BCUT2D eigenvalue weighted by atomic mass is 10.0. The molecule has 2 fully saturated rings. The van der Waals surface area contributed by atoms with E-state index in [-0.39, 0.29) is 6.03 Å². The lowest BCUT2D eigenvalue weighted by Gasteiger charge is -2.33. The van der Waals surface area contributed by atoms with E-state index in [4.69, 9.17) is 5.73 Å². The van der Waals surface area contributed by atoms with Crippen molar-refractivity contribution < 1.29 is 4.79 Å². The number of urea groups is 1. The number of nitrogens with one attached hydrogen (secondary N) is 1. The van der Waals surface area contributed by atoms with Gasteiger partial charge in [0.15, 0.2) is 0 Å². The fraction of sp³-hybridized carbons (Fsp3) is 0.909. The Hall–Kier alpha value is -0.770. The van der Waals surface area contributed by atoms with Crippen molar-refractivity contribution in [3.05, 3.63) is 0 Å². The Kier molecular flexibility index (Phi) is 3.46. The summed E-state index contributed by atoms with van der Waals surface area (Å²) in [5, 5.41) is 3.65. The van der Waals surface area contributed by atoms with Gasteiger partial charge in [-0.3, -0.25) is 0 Å². The van der Waals surface area contributed by atoms with Gasteiger partial charge in [0.2, 0.25) is 0 Å². The molecule has 0 aromatic rings. The predicted octanol–water partition coefficient (Wildman–Crippen LogP) is 1.06. The number of hydrogen-bond donors (Lipinski definition) is 2. The van der Waals surface area contributed by atoms with Crippen LogP contribution in [0, 0.1) is 0 Å². The highest BCUT2D eigenvalue weighted by atomic mass is 16.2. The summed E-state index contributed by atoms with van der Waals surface area (Å²) in [7, 11) is 0. The van der Waals surface area contributed by atoms with Gasteiger partial charge in [-0.1, -0.05) is 12.8 Å². The summed E-state index contributed by atoms with van der Waals surface area (Å²) >= 11 is 0. The van der Waals surface area contributed by atoms with Crippen molar-refractivity contribution in [2.45, 2.75) is 50.6 Å². The van der Waals surface area contributed by atoms with Gasteiger partial charge >= 0.3 is 6.03 Å². The highest BCUT2D eigenvalue weighted by molar-refractivity contribution is 5.72.